The molecule has 0 atom stereocenters. The summed E-state index contributed by atoms with van der Waals surface area (Å²) in [5, 5.41) is -0.211. The van der Waals surface area contributed by atoms with Gasteiger partial charge in [-0.15, -0.1) is 0 Å². The standard InChI is InChI=1S/C18H11Cl2NO3S/c19-15-11-18(22)16(20)10-17(15)21-25(23,24)14-8-6-13(7-9-14)12-4-2-1-3-5-12/h1-11H/b21-17+. The summed E-state index contributed by atoms with van der Waals surface area (Å²) in [6.45, 7) is 0. The van der Waals surface area contributed by atoms with E-state index >= 15 is 0 Å². The fraction of sp³-hybridized carbons (Fsp3) is 0. The highest BCUT2D eigenvalue weighted by Gasteiger charge is 2.20. The monoisotopic (exact) mass is 391 g/mol. The first kappa shape index (κ1) is 17.6. The number of nitrogens with zero attached hydrogens (tertiary/aromatic N) is 1. The molecule has 0 radical (unpaired) electrons. The molecule has 0 saturated heterocycles. The van der Waals surface area contributed by atoms with E-state index in [1.807, 2.05) is 30.3 Å². The molecule has 0 bridgehead atoms. The molecule has 0 aliphatic heterocycles. The maximum absolute atomic E-state index is 12.5. The van der Waals surface area contributed by atoms with Crippen LogP contribution in [0.1, 0.15) is 0 Å². The number of ketones is 1. The number of hydrogen-bond acceptors (Lipinski definition) is 3. The Balaban J connectivity index is 1.95. The van der Waals surface area contributed by atoms with Crippen LogP contribution < -0.4 is 0 Å². The summed E-state index contributed by atoms with van der Waals surface area (Å²) in [5.41, 5.74) is 1.79. The first-order valence-electron chi connectivity index (χ1n) is 7.16. The molecule has 0 heterocycles. The summed E-state index contributed by atoms with van der Waals surface area (Å²) in [7, 11) is -3.98. The van der Waals surface area contributed by atoms with Gasteiger partial charge in [-0.3, -0.25) is 4.79 Å². The summed E-state index contributed by atoms with van der Waals surface area (Å²) in [5.74, 6) is -0.491. The highest BCUT2D eigenvalue weighted by atomic mass is 35.5. The van der Waals surface area contributed by atoms with Crippen LogP contribution in [0, 0.1) is 0 Å². The summed E-state index contributed by atoms with van der Waals surface area (Å²) in [6, 6.07) is 15.9. The fourth-order valence-corrected chi connectivity index (χ4v) is 3.62. The lowest BCUT2D eigenvalue weighted by atomic mass is 10.1. The minimum Gasteiger partial charge on any atom is -0.288 e. The first-order chi connectivity index (χ1) is 11.9. The third-order valence-electron chi connectivity index (χ3n) is 3.48. The molecule has 1 aliphatic carbocycles. The maximum Gasteiger partial charge on any atom is 0.282 e. The van der Waals surface area contributed by atoms with E-state index in [1.165, 1.54) is 12.1 Å². The molecule has 1 aliphatic rings. The lowest BCUT2D eigenvalue weighted by molar-refractivity contribution is -0.110. The molecule has 0 aromatic heterocycles. The summed E-state index contributed by atoms with van der Waals surface area (Å²) < 4.78 is 28.6. The second kappa shape index (κ2) is 6.96. The Labute approximate surface area is 155 Å². The number of allylic oxidation sites excluding steroid dienone is 4. The molecule has 0 spiro atoms. The van der Waals surface area contributed by atoms with E-state index in [-0.39, 0.29) is 20.7 Å². The van der Waals surface area contributed by atoms with Gasteiger partial charge < -0.3 is 0 Å². The smallest absolute Gasteiger partial charge is 0.282 e. The molecule has 0 saturated carbocycles. The van der Waals surface area contributed by atoms with Crippen LogP contribution in [0.25, 0.3) is 11.1 Å². The quantitative estimate of drug-likeness (QED) is 0.732. The summed E-state index contributed by atoms with van der Waals surface area (Å²) in [4.78, 5) is 11.4. The molecule has 0 N–H and O–H groups in total. The Morgan fingerprint density at radius 3 is 2.00 bits per heavy atom. The molecule has 25 heavy (non-hydrogen) atoms. The number of sulfonamides is 1. The second-order valence-corrected chi connectivity index (χ2v) is 7.61. The molecule has 0 amide bonds. The van der Waals surface area contributed by atoms with E-state index in [1.54, 1.807) is 12.1 Å². The number of carbonyl (C=O) groups excluding carboxylic acids is 1. The number of benzene rings is 2. The van der Waals surface area contributed by atoms with Crippen LogP contribution in [0.3, 0.4) is 0 Å². The van der Waals surface area contributed by atoms with Crippen LogP contribution in [0.5, 0.6) is 0 Å². The molecular weight excluding hydrogens is 381 g/mol. The Hall–Kier alpha value is -2.21. The van der Waals surface area contributed by atoms with Crippen molar-refractivity contribution in [2.45, 2.75) is 4.90 Å². The van der Waals surface area contributed by atoms with Gasteiger partial charge in [-0.25, -0.2) is 0 Å². The van der Waals surface area contributed by atoms with Crippen molar-refractivity contribution in [2.75, 3.05) is 0 Å². The van der Waals surface area contributed by atoms with Crippen molar-refractivity contribution in [1.29, 1.82) is 0 Å². The average Bonchev–Trinajstić information content (AvgIpc) is 2.60. The Morgan fingerprint density at radius 1 is 0.760 bits per heavy atom. The SMILES string of the molecule is O=C1C=C(Cl)/C(=N/S(=O)(=O)c2ccc(-c3ccccc3)cc2)C=C1Cl. The highest BCUT2D eigenvalue weighted by Crippen LogP contribution is 2.24. The first-order valence-corrected chi connectivity index (χ1v) is 9.36. The Kier molecular flexibility index (Phi) is 4.90. The van der Waals surface area contributed by atoms with Crippen LogP contribution in [-0.2, 0) is 14.8 Å². The molecule has 2 aromatic carbocycles. The zero-order chi connectivity index (χ0) is 18.0. The van der Waals surface area contributed by atoms with E-state index in [9.17, 15) is 13.2 Å². The highest BCUT2D eigenvalue weighted by molar-refractivity contribution is 7.90. The van der Waals surface area contributed by atoms with Crippen molar-refractivity contribution in [3.63, 3.8) is 0 Å². The summed E-state index contributed by atoms with van der Waals surface area (Å²) in [6.07, 6.45) is 2.18. The van der Waals surface area contributed by atoms with E-state index in [0.717, 1.165) is 23.3 Å². The van der Waals surface area contributed by atoms with Gasteiger partial charge in [0.2, 0.25) is 0 Å². The van der Waals surface area contributed by atoms with Gasteiger partial charge in [0, 0.05) is 6.08 Å². The zero-order valence-corrected chi connectivity index (χ0v) is 15.0. The number of hydrogen-bond donors (Lipinski definition) is 0. The summed E-state index contributed by atoms with van der Waals surface area (Å²) >= 11 is 11.6. The van der Waals surface area contributed by atoms with Gasteiger partial charge in [0.15, 0.2) is 5.78 Å². The second-order valence-electron chi connectivity index (χ2n) is 5.19. The van der Waals surface area contributed by atoms with Crippen molar-refractivity contribution >= 4 is 44.7 Å². The van der Waals surface area contributed by atoms with Crippen molar-refractivity contribution < 1.29 is 13.2 Å². The average molecular weight is 392 g/mol. The lowest BCUT2D eigenvalue weighted by Crippen LogP contribution is -2.10. The van der Waals surface area contributed by atoms with Gasteiger partial charge in [-0.05, 0) is 29.3 Å². The van der Waals surface area contributed by atoms with Crippen molar-refractivity contribution in [3.8, 4) is 11.1 Å². The molecule has 126 valence electrons. The minimum absolute atomic E-state index is 0.0190. The van der Waals surface area contributed by atoms with Gasteiger partial charge in [0.25, 0.3) is 10.0 Å². The molecule has 4 nitrogen and oxygen atoms in total. The van der Waals surface area contributed by atoms with Crippen LogP contribution >= 0.6 is 23.2 Å². The number of halogens is 2. The van der Waals surface area contributed by atoms with Gasteiger partial charge in [-0.2, -0.15) is 12.8 Å². The maximum atomic E-state index is 12.5. The molecule has 0 unspecified atom stereocenters. The predicted octanol–water partition coefficient (Wildman–Crippen LogP) is 4.31. The Bertz CT molecular complexity index is 1020. The molecule has 7 heteroatoms. The number of carbonyl (C=O) groups is 1. The largest absolute Gasteiger partial charge is 0.288 e. The van der Waals surface area contributed by atoms with E-state index in [4.69, 9.17) is 23.2 Å². The lowest BCUT2D eigenvalue weighted by Gasteiger charge is -2.07. The third-order valence-corrected chi connectivity index (χ3v) is 5.38. The van der Waals surface area contributed by atoms with Gasteiger partial charge >= 0.3 is 0 Å². The van der Waals surface area contributed by atoms with Crippen LogP contribution in [-0.4, -0.2) is 19.9 Å². The topological polar surface area (TPSA) is 63.6 Å². The fourth-order valence-electron chi connectivity index (χ4n) is 2.22. The van der Waals surface area contributed by atoms with E-state index in [2.05, 4.69) is 4.40 Å². The minimum atomic E-state index is -3.98. The molecule has 0 fully saturated rings. The van der Waals surface area contributed by atoms with Gasteiger partial charge in [0.1, 0.15) is 0 Å². The van der Waals surface area contributed by atoms with Crippen LogP contribution in [0.15, 0.2) is 86.1 Å². The molecule has 2 aromatic rings. The molecule has 3 rings (SSSR count). The molecular formula is C18H11Cl2NO3S. The van der Waals surface area contributed by atoms with E-state index < -0.39 is 15.8 Å². The third kappa shape index (κ3) is 3.90. The van der Waals surface area contributed by atoms with Gasteiger partial charge in [0.05, 0.1) is 20.7 Å². The van der Waals surface area contributed by atoms with Crippen molar-refractivity contribution in [2.24, 2.45) is 4.40 Å². The van der Waals surface area contributed by atoms with Gasteiger partial charge in [-0.1, -0.05) is 65.7 Å². The normalized spacial score (nSPS) is 16.6. The zero-order valence-electron chi connectivity index (χ0n) is 12.7. The van der Waals surface area contributed by atoms with Crippen molar-refractivity contribution in [1.82, 2.24) is 0 Å². The van der Waals surface area contributed by atoms with E-state index in [0.29, 0.717) is 0 Å². The van der Waals surface area contributed by atoms with Crippen LogP contribution in [0.2, 0.25) is 0 Å². The number of rotatable bonds is 3. The predicted molar refractivity (Wildman–Crippen MR) is 99.4 cm³/mol. The van der Waals surface area contributed by atoms with Crippen molar-refractivity contribution in [3.05, 3.63) is 76.8 Å². The Morgan fingerprint density at radius 2 is 1.36 bits per heavy atom. The van der Waals surface area contributed by atoms with Crippen LogP contribution in [0.4, 0.5) is 0 Å².